The molecule has 2 N–H and O–H groups in total. The van der Waals surface area contributed by atoms with Gasteiger partial charge in [-0.15, -0.1) is 0 Å². The van der Waals surface area contributed by atoms with Gasteiger partial charge in [-0.25, -0.2) is 5.43 Å². The summed E-state index contributed by atoms with van der Waals surface area (Å²) in [6.07, 6.45) is 1.47. The van der Waals surface area contributed by atoms with Gasteiger partial charge in [0.05, 0.1) is 32.9 Å². The lowest BCUT2D eigenvalue weighted by molar-refractivity contribution is -0.126. The molecule has 7 heteroatoms. The Morgan fingerprint density at radius 3 is 2.09 bits per heavy atom. The van der Waals surface area contributed by atoms with Crippen LogP contribution in [0.25, 0.3) is 0 Å². The third-order valence-electron chi connectivity index (χ3n) is 4.78. The van der Waals surface area contributed by atoms with Crippen LogP contribution in [0.3, 0.4) is 0 Å². The maximum atomic E-state index is 12.9. The van der Waals surface area contributed by atoms with E-state index in [0.717, 1.165) is 11.1 Å². The summed E-state index contributed by atoms with van der Waals surface area (Å²) in [7, 11) is 3.10. The van der Waals surface area contributed by atoms with Gasteiger partial charge >= 0.3 is 0 Å². The van der Waals surface area contributed by atoms with Crippen molar-refractivity contribution >= 4 is 18.0 Å². The van der Waals surface area contributed by atoms with E-state index in [-0.39, 0.29) is 12.5 Å². The Balaban J connectivity index is 1.61. The Labute approximate surface area is 187 Å². The first-order valence-electron chi connectivity index (χ1n) is 10.0. The number of rotatable bonds is 9. The molecule has 0 fully saturated rings. The molecule has 0 aliphatic rings. The highest BCUT2D eigenvalue weighted by Crippen LogP contribution is 2.25. The van der Waals surface area contributed by atoms with Crippen LogP contribution in [0.4, 0.5) is 0 Å². The fraction of sp³-hybridized carbons (Fsp3) is 0.160. The van der Waals surface area contributed by atoms with Crippen molar-refractivity contribution in [2.24, 2.45) is 5.10 Å². The molecular formula is C25H25N3O4. The van der Waals surface area contributed by atoms with Crippen LogP contribution in [-0.2, 0) is 9.59 Å². The highest BCUT2D eigenvalue weighted by molar-refractivity contribution is 5.91. The van der Waals surface area contributed by atoms with Gasteiger partial charge in [0, 0.05) is 11.6 Å². The molecule has 0 saturated carbocycles. The van der Waals surface area contributed by atoms with E-state index in [1.807, 2.05) is 60.7 Å². The number of carbonyl (C=O) groups is 2. The Morgan fingerprint density at radius 1 is 0.906 bits per heavy atom. The second kappa shape index (κ2) is 11.3. The van der Waals surface area contributed by atoms with Gasteiger partial charge in [-0.05, 0) is 23.3 Å². The van der Waals surface area contributed by atoms with Crippen molar-refractivity contribution in [3.05, 3.63) is 95.6 Å². The van der Waals surface area contributed by atoms with Crippen LogP contribution >= 0.6 is 0 Å². The summed E-state index contributed by atoms with van der Waals surface area (Å²) in [5, 5.41) is 6.65. The molecule has 3 rings (SSSR count). The molecule has 7 nitrogen and oxygen atoms in total. The molecule has 3 aromatic carbocycles. The van der Waals surface area contributed by atoms with Crippen LogP contribution < -0.4 is 20.2 Å². The zero-order chi connectivity index (χ0) is 22.8. The van der Waals surface area contributed by atoms with Crippen LogP contribution in [0.5, 0.6) is 11.5 Å². The molecule has 0 aliphatic heterocycles. The van der Waals surface area contributed by atoms with E-state index in [1.54, 1.807) is 25.3 Å². The van der Waals surface area contributed by atoms with Gasteiger partial charge in [0.25, 0.3) is 5.91 Å². The summed E-state index contributed by atoms with van der Waals surface area (Å²) in [4.78, 5) is 25.1. The SMILES string of the molecule is COc1ccc(/C=N\NC(=O)CNC(=O)C(c2ccccc2)c2ccccc2)c(OC)c1. The monoisotopic (exact) mass is 431 g/mol. The van der Waals surface area contributed by atoms with Gasteiger partial charge < -0.3 is 14.8 Å². The molecule has 0 heterocycles. The first kappa shape index (κ1) is 22.6. The topological polar surface area (TPSA) is 89.0 Å². The Hall–Kier alpha value is -4.13. The lowest BCUT2D eigenvalue weighted by Crippen LogP contribution is -2.37. The molecular weight excluding hydrogens is 406 g/mol. The van der Waals surface area contributed by atoms with Crippen molar-refractivity contribution in [3.63, 3.8) is 0 Å². The Kier molecular flexibility index (Phi) is 7.97. The highest BCUT2D eigenvalue weighted by Gasteiger charge is 2.22. The van der Waals surface area contributed by atoms with E-state index in [1.165, 1.54) is 13.3 Å². The first-order valence-corrected chi connectivity index (χ1v) is 10.0. The van der Waals surface area contributed by atoms with Crippen LogP contribution in [0.2, 0.25) is 0 Å². The largest absolute Gasteiger partial charge is 0.497 e. The fourth-order valence-electron chi connectivity index (χ4n) is 3.19. The van der Waals surface area contributed by atoms with E-state index in [9.17, 15) is 9.59 Å². The predicted molar refractivity (Wildman–Crippen MR) is 123 cm³/mol. The van der Waals surface area contributed by atoms with E-state index in [0.29, 0.717) is 17.1 Å². The lowest BCUT2D eigenvalue weighted by Gasteiger charge is -2.17. The van der Waals surface area contributed by atoms with Crippen molar-refractivity contribution in [3.8, 4) is 11.5 Å². The Bertz CT molecular complexity index is 1030. The van der Waals surface area contributed by atoms with E-state index in [4.69, 9.17) is 9.47 Å². The average Bonchev–Trinajstić information content (AvgIpc) is 2.84. The van der Waals surface area contributed by atoms with E-state index < -0.39 is 11.8 Å². The van der Waals surface area contributed by atoms with Crippen LogP contribution in [-0.4, -0.2) is 38.8 Å². The minimum atomic E-state index is -0.516. The third kappa shape index (κ3) is 5.95. The molecule has 2 amide bonds. The predicted octanol–water partition coefficient (Wildman–Crippen LogP) is 3.10. The van der Waals surface area contributed by atoms with E-state index in [2.05, 4.69) is 15.8 Å². The number of hydrogen-bond acceptors (Lipinski definition) is 5. The van der Waals surface area contributed by atoms with Gasteiger partial charge in [0.1, 0.15) is 11.5 Å². The molecule has 0 radical (unpaired) electrons. The van der Waals surface area contributed by atoms with E-state index >= 15 is 0 Å². The minimum absolute atomic E-state index is 0.202. The number of benzene rings is 3. The second-order valence-corrected chi connectivity index (χ2v) is 6.87. The normalized spacial score (nSPS) is 10.7. The molecule has 0 saturated heterocycles. The average molecular weight is 431 g/mol. The number of hydrogen-bond donors (Lipinski definition) is 2. The number of methoxy groups -OCH3 is 2. The third-order valence-corrected chi connectivity index (χ3v) is 4.78. The summed E-state index contributed by atoms with van der Waals surface area (Å²) in [5.41, 5.74) is 4.78. The fourth-order valence-corrected chi connectivity index (χ4v) is 3.19. The van der Waals surface area contributed by atoms with Crippen molar-refractivity contribution in [2.45, 2.75) is 5.92 Å². The molecule has 0 bridgehead atoms. The minimum Gasteiger partial charge on any atom is -0.497 e. The van der Waals surface area contributed by atoms with Crippen molar-refractivity contribution < 1.29 is 19.1 Å². The van der Waals surface area contributed by atoms with Crippen LogP contribution in [0.15, 0.2) is 84.0 Å². The van der Waals surface area contributed by atoms with Gasteiger partial charge in [0.15, 0.2) is 0 Å². The van der Waals surface area contributed by atoms with Gasteiger partial charge in [-0.3, -0.25) is 9.59 Å². The van der Waals surface area contributed by atoms with Crippen molar-refractivity contribution in [1.82, 2.24) is 10.7 Å². The smallest absolute Gasteiger partial charge is 0.259 e. The lowest BCUT2D eigenvalue weighted by atomic mass is 9.90. The summed E-state index contributed by atoms with van der Waals surface area (Å²) < 4.78 is 10.5. The molecule has 0 atom stereocenters. The van der Waals surface area contributed by atoms with Crippen LogP contribution in [0, 0.1) is 0 Å². The summed E-state index contributed by atoms with van der Waals surface area (Å²) >= 11 is 0. The number of hydrazone groups is 1. The standard InChI is InChI=1S/C25H25N3O4/c1-31-21-14-13-20(22(15-21)32-2)16-27-28-23(29)17-26-25(30)24(18-9-5-3-6-10-18)19-11-7-4-8-12-19/h3-16,24H,17H2,1-2H3,(H,26,30)(H,28,29)/b27-16-. The van der Waals surface area contributed by atoms with Crippen LogP contribution in [0.1, 0.15) is 22.6 Å². The number of nitrogens with one attached hydrogen (secondary N) is 2. The molecule has 32 heavy (non-hydrogen) atoms. The second-order valence-electron chi connectivity index (χ2n) is 6.87. The zero-order valence-corrected chi connectivity index (χ0v) is 17.9. The number of carbonyl (C=O) groups excluding carboxylic acids is 2. The first-order chi connectivity index (χ1) is 15.6. The van der Waals surface area contributed by atoms with Crippen molar-refractivity contribution in [1.29, 1.82) is 0 Å². The summed E-state index contributed by atoms with van der Waals surface area (Å²) in [6.45, 7) is -0.202. The molecule has 0 aromatic heterocycles. The molecule has 0 unspecified atom stereocenters. The molecule has 0 aliphatic carbocycles. The van der Waals surface area contributed by atoms with Gasteiger partial charge in [0.2, 0.25) is 5.91 Å². The molecule has 3 aromatic rings. The maximum Gasteiger partial charge on any atom is 0.259 e. The quantitative estimate of drug-likeness (QED) is 0.403. The Morgan fingerprint density at radius 2 is 1.53 bits per heavy atom. The zero-order valence-electron chi connectivity index (χ0n) is 17.9. The summed E-state index contributed by atoms with van der Waals surface area (Å²) in [5.74, 6) is -0.0149. The number of amides is 2. The van der Waals surface area contributed by atoms with Crippen molar-refractivity contribution in [2.75, 3.05) is 20.8 Å². The van der Waals surface area contributed by atoms with Gasteiger partial charge in [-0.1, -0.05) is 60.7 Å². The van der Waals surface area contributed by atoms with Gasteiger partial charge in [-0.2, -0.15) is 5.10 Å². The molecule has 0 spiro atoms. The summed E-state index contributed by atoms with van der Waals surface area (Å²) in [6, 6.07) is 24.1. The highest BCUT2D eigenvalue weighted by atomic mass is 16.5. The maximum absolute atomic E-state index is 12.9. The number of ether oxygens (including phenoxy) is 2. The molecule has 164 valence electrons. The number of nitrogens with zero attached hydrogens (tertiary/aromatic N) is 1.